The molecular formula is C17H18ClN3O3. The number of amides is 2. The smallest absolute Gasteiger partial charge is 0.276 e. The van der Waals surface area contributed by atoms with Crippen molar-refractivity contribution >= 4 is 23.4 Å². The van der Waals surface area contributed by atoms with Crippen molar-refractivity contribution in [3.05, 3.63) is 41.0 Å². The number of nitrogens with one attached hydrogen (secondary N) is 1. The van der Waals surface area contributed by atoms with Crippen molar-refractivity contribution in [3.63, 3.8) is 0 Å². The highest BCUT2D eigenvalue weighted by atomic mass is 35.5. The molecule has 1 aromatic heterocycles. The van der Waals surface area contributed by atoms with Crippen LogP contribution < -0.4 is 5.32 Å². The maximum absolute atomic E-state index is 12.5. The summed E-state index contributed by atoms with van der Waals surface area (Å²) in [5.74, 6) is 0.360. The van der Waals surface area contributed by atoms with E-state index in [1.54, 1.807) is 30.1 Å². The number of halogens is 1. The van der Waals surface area contributed by atoms with Gasteiger partial charge in [0.05, 0.1) is 0 Å². The minimum absolute atomic E-state index is 0.0269. The molecule has 3 rings (SSSR count). The predicted octanol–water partition coefficient (Wildman–Crippen LogP) is 2.59. The zero-order chi connectivity index (χ0) is 17.1. The summed E-state index contributed by atoms with van der Waals surface area (Å²) in [6.45, 7) is 1.08. The first-order chi connectivity index (χ1) is 11.6. The Morgan fingerprint density at radius 2 is 1.92 bits per heavy atom. The van der Waals surface area contributed by atoms with Gasteiger partial charge in [0.25, 0.3) is 5.91 Å². The monoisotopic (exact) mass is 347 g/mol. The van der Waals surface area contributed by atoms with Crippen molar-refractivity contribution in [1.82, 2.24) is 15.4 Å². The Morgan fingerprint density at radius 3 is 2.54 bits per heavy atom. The standard InChI is InChI=1S/C17H18ClN3O3/c1-19-16(22)12-6-8-21(9-7-12)17(23)14-10-15(24-20-14)11-2-4-13(18)5-3-11/h2-5,10,12H,6-9H2,1H3,(H,19,22). The number of likely N-dealkylation sites (tertiary alicyclic amines) is 1. The second kappa shape index (κ2) is 7.05. The number of carbonyl (C=O) groups excluding carboxylic acids is 2. The molecule has 1 aliphatic heterocycles. The summed E-state index contributed by atoms with van der Waals surface area (Å²) in [6, 6.07) is 8.77. The topological polar surface area (TPSA) is 75.4 Å². The van der Waals surface area contributed by atoms with Crippen LogP contribution >= 0.6 is 11.6 Å². The second-order valence-corrected chi connectivity index (χ2v) is 6.20. The second-order valence-electron chi connectivity index (χ2n) is 5.76. The van der Waals surface area contributed by atoms with Crippen LogP contribution in [-0.2, 0) is 4.79 Å². The van der Waals surface area contributed by atoms with Crippen LogP contribution in [0.5, 0.6) is 0 Å². The van der Waals surface area contributed by atoms with Crippen LogP contribution in [0.1, 0.15) is 23.3 Å². The van der Waals surface area contributed by atoms with E-state index in [1.165, 1.54) is 0 Å². The van der Waals surface area contributed by atoms with Crippen molar-refractivity contribution < 1.29 is 14.1 Å². The van der Waals surface area contributed by atoms with Gasteiger partial charge >= 0.3 is 0 Å². The molecule has 126 valence electrons. The molecule has 1 fully saturated rings. The van der Waals surface area contributed by atoms with E-state index in [1.807, 2.05) is 12.1 Å². The van der Waals surface area contributed by atoms with Crippen molar-refractivity contribution in [1.29, 1.82) is 0 Å². The van der Waals surface area contributed by atoms with Crippen LogP contribution in [0.3, 0.4) is 0 Å². The lowest BCUT2D eigenvalue weighted by Crippen LogP contribution is -2.42. The SMILES string of the molecule is CNC(=O)C1CCN(C(=O)c2cc(-c3ccc(Cl)cc3)on2)CC1. The van der Waals surface area contributed by atoms with Crippen LogP contribution in [0.15, 0.2) is 34.9 Å². The Labute approximate surface area is 144 Å². The first-order valence-corrected chi connectivity index (χ1v) is 8.20. The highest BCUT2D eigenvalue weighted by molar-refractivity contribution is 6.30. The molecule has 0 radical (unpaired) electrons. The number of nitrogens with zero attached hydrogens (tertiary/aromatic N) is 2. The Bertz CT molecular complexity index is 734. The highest BCUT2D eigenvalue weighted by Crippen LogP contribution is 2.24. The fraction of sp³-hybridized carbons (Fsp3) is 0.353. The zero-order valence-corrected chi connectivity index (χ0v) is 14.0. The van der Waals surface area contributed by atoms with Crippen LogP contribution in [0.4, 0.5) is 0 Å². The van der Waals surface area contributed by atoms with Gasteiger partial charge in [0.2, 0.25) is 5.91 Å². The molecule has 1 aliphatic rings. The van der Waals surface area contributed by atoms with Crippen molar-refractivity contribution in [2.45, 2.75) is 12.8 Å². The number of hydrogen-bond acceptors (Lipinski definition) is 4. The average Bonchev–Trinajstić information content (AvgIpc) is 3.11. The summed E-state index contributed by atoms with van der Waals surface area (Å²) >= 11 is 5.87. The molecule has 7 heteroatoms. The van der Waals surface area contributed by atoms with Gasteiger partial charge in [0.1, 0.15) is 0 Å². The van der Waals surface area contributed by atoms with Crippen molar-refractivity contribution in [3.8, 4) is 11.3 Å². The molecule has 2 heterocycles. The number of rotatable bonds is 3. The summed E-state index contributed by atoms with van der Waals surface area (Å²) < 4.78 is 5.27. The molecule has 0 spiro atoms. The van der Waals surface area contributed by atoms with E-state index in [0.29, 0.717) is 36.7 Å². The molecule has 0 atom stereocenters. The summed E-state index contributed by atoms with van der Waals surface area (Å²) in [6.07, 6.45) is 1.32. The molecule has 0 saturated carbocycles. The first kappa shape index (κ1) is 16.5. The fourth-order valence-corrected chi connectivity index (χ4v) is 2.96. The summed E-state index contributed by atoms with van der Waals surface area (Å²) in [4.78, 5) is 25.9. The third kappa shape index (κ3) is 3.43. The quantitative estimate of drug-likeness (QED) is 0.926. The lowest BCUT2D eigenvalue weighted by molar-refractivity contribution is -0.125. The summed E-state index contributed by atoms with van der Waals surface area (Å²) in [5.41, 5.74) is 1.09. The molecule has 6 nitrogen and oxygen atoms in total. The van der Waals surface area contributed by atoms with Crippen LogP contribution in [0.2, 0.25) is 5.02 Å². The number of hydrogen-bond donors (Lipinski definition) is 1. The molecule has 24 heavy (non-hydrogen) atoms. The number of benzene rings is 1. The van der Waals surface area contributed by atoms with Gasteiger partial charge in [-0.1, -0.05) is 16.8 Å². The van der Waals surface area contributed by atoms with Gasteiger partial charge in [0, 0.05) is 42.7 Å². The third-order valence-corrected chi connectivity index (χ3v) is 4.51. The molecular weight excluding hydrogens is 330 g/mol. The molecule has 0 bridgehead atoms. The van der Waals surface area contributed by atoms with Gasteiger partial charge in [-0.25, -0.2) is 0 Å². The number of aromatic nitrogens is 1. The van der Waals surface area contributed by atoms with E-state index in [0.717, 1.165) is 5.56 Å². The van der Waals surface area contributed by atoms with Gasteiger partial charge in [0.15, 0.2) is 11.5 Å². The molecule has 0 aliphatic carbocycles. The summed E-state index contributed by atoms with van der Waals surface area (Å²) in [5, 5.41) is 7.17. The lowest BCUT2D eigenvalue weighted by Gasteiger charge is -2.30. The maximum Gasteiger partial charge on any atom is 0.276 e. The Morgan fingerprint density at radius 1 is 1.25 bits per heavy atom. The zero-order valence-electron chi connectivity index (χ0n) is 13.3. The van der Waals surface area contributed by atoms with Gasteiger partial charge in [-0.05, 0) is 37.1 Å². The molecule has 0 unspecified atom stereocenters. The van der Waals surface area contributed by atoms with Crippen LogP contribution in [-0.4, -0.2) is 42.0 Å². The molecule has 1 aromatic carbocycles. The van der Waals surface area contributed by atoms with Gasteiger partial charge < -0.3 is 14.7 Å². The molecule has 1 saturated heterocycles. The van der Waals surface area contributed by atoms with Crippen molar-refractivity contribution in [2.24, 2.45) is 5.92 Å². The molecule has 2 amide bonds. The Kier molecular flexibility index (Phi) is 4.85. The molecule has 1 N–H and O–H groups in total. The van der Waals surface area contributed by atoms with E-state index in [-0.39, 0.29) is 23.4 Å². The van der Waals surface area contributed by atoms with Crippen LogP contribution in [0, 0.1) is 5.92 Å². The predicted molar refractivity (Wildman–Crippen MR) is 89.6 cm³/mol. The van der Waals surface area contributed by atoms with E-state index in [9.17, 15) is 9.59 Å². The van der Waals surface area contributed by atoms with E-state index in [2.05, 4.69) is 10.5 Å². The first-order valence-electron chi connectivity index (χ1n) is 7.82. The summed E-state index contributed by atoms with van der Waals surface area (Å²) in [7, 11) is 1.63. The average molecular weight is 348 g/mol. The number of carbonyl (C=O) groups is 2. The van der Waals surface area contributed by atoms with Crippen LogP contribution in [0.25, 0.3) is 11.3 Å². The van der Waals surface area contributed by atoms with Crippen molar-refractivity contribution in [2.75, 3.05) is 20.1 Å². The Balaban J connectivity index is 1.66. The third-order valence-electron chi connectivity index (χ3n) is 4.26. The highest BCUT2D eigenvalue weighted by Gasteiger charge is 2.28. The van der Waals surface area contributed by atoms with E-state index < -0.39 is 0 Å². The van der Waals surface area contributed by atoms with E-state index >= 15 is 0 Å². The number of piperidine rings is 1. The normalized spacial score (nSPS) is 15.3. The largest absolute Gasteiger partial charge is 0.359 e. The van der Waals surface area contributed by atoms with Gasteiger partial charge in [-0.3, -0.25) is 9.59 Å². The van der Waals surface area contributed by atoms with Gasteiger partial charge in [-0.2, -0.15) is 0 Å². The minimum Gasteiger partial charge on any atom is -0.359 e. The van der Waals surface area contributed by atoms with E-state index in [4.69, 9.17) is 16.1 Å². The fourth-order valence-electron chi connectivity index (χ4n) is 2.84. The Hall–Kier alpha value is -2.34. The maximum atomic E-state index is 12.5. The minimum atomic E-state index is -0.172. The molecule has 2 aromatic rings. The lowest BCUT2D eigenvalue weighted by atomic mass is 9.96. The van der Waals surface area contributed by atoms with Gasteiger partial charge in [-0.15, -0.1) is 0 Å².